The highest BCUT2D eigenvalue weighted by atomic mass is 33.5. The zero-order valence-electron chi connectivity index (χ0n) is 70.1. The topological polar surface area (TPSA) is 175 Å². The highest BCUT2D eigenvalue weighted by Gasteiger charge is 2.73. The predicted molar refractivity (Wildman–Crippen MR) is 552 cm³/mol. The van der Waals surface area contributed by atoms with Crippen molar-refractivity contribution in [2.75, 3.05) is 26.4 Å². The van der Waals surface area contributed by atoms with E-state index in [1.165, 1.54) is 17.8 Å². The van der Waals surface area contributed by atoms with E-state index in [-0.39, 0.29) is 103 Å². The van der Waals surface area contributed by atoms with E-state index in [0.29, 0.717) is 43.8 Å². The van der Waals surface area contributed by atoms with Crippen molar-refractivity contribution < 1.29 is 57.2 Å². The first kappa shape index (κ1) is 105. The van der Waals surface area contributed by atoms with Crippen LogP contribution in [-0.4, -0.2) is 115 Å². The highest BCUT2D eigenvalue weighted by Crippen LogP contribution is 2.72. The minimum Gasteiger partial charge on any atom is -0.460 e. The van der Waals surface area contributed by atoms with Crippen LogP contribution in [0.3, 0.4) is 0 Å². The van der Waals surface area contributed by atoms with Crippen molar-refractivity contribution >= 4 is 260 Å². The first-order valence-electron chi connectivity index (χ1n) is 40.2. The number of carbonyl (C=O) groups is 4. The monoisotopic (exact) mass is 2060 g/mol. The van der Waals surface area contributed by atoms with Gasteiger partial charge >= 0.3 is 11.9 Å². The van der Waals surface area contributed by atoms with Gasteiger partial charge in [-0.15, -0.1) is 0 Å². The molecular weight excluding hydrogens is 1930 g/mol. The zero-order chi connectivity index (χ0) is 85.7. The molecule has 4 aromatic carbocycles. The van der Waals surface area contributed by atoms with Crippen LogP contribution >= 0.6 is 0 Å². The van der Waals surface area contributed by atoms with Crippen molar-refractivity contribution in [1.82, 2.24) is 0 Å². The van der Waals surface area contributed by atoms with E-state index < -0.39 is 76.6 Å². The van der Waals surface area contributed by atoms with Crippen LogP contribution in [0.2, 0.25) is 29.2 Å². The van der Waals surface area contributed by atoms with Crippen LogP contribution in [0.15, 0.2) is 121 Å². The molecule has 6 saturated carbocycles. The molecule has 1 saturated heterocycles. The third kappa shape index (κ3) is 23.1. The Balaban J connectivity index is 0.000000258. The molecule has 0 aromatic heterocycles. The molecule has 1 aliphatic heterocycles. The maximum atomic E-state index is 14.4. The quantitative estimate of drug-likeness (QED) is 0.0672. The van der Waals surface area contributed by atoms with Crippen molar-refractivity contribution in [1.29, 1.82) is 0 Å². The Morgan fingerprint density at radius 2 is 0.831 bits per heavy atom. The van der Waals surface area contributed by atoms with Crippen LogP contribution in [-0.2, 0) is 233 Å². The molecule has 4 aromatic rings. The van der Waals surface area contributed by atoms with Gasteiger partial charge in [0.1, 0.15) is 37.0 Å². The summed E-state index contributed by atoms with van der Waals surface area (Å²) in [5.41, 5.74) is -2.97. The molecule has 15 atom stereocenters. The van der Waals surface area contributed by atoms with E-state index in [0.717, 1.165) is 71.7 Å². The molecule has 0 spiro atoms. The number of carbonyl (C=O) groups excluding carboxylic acids is 4. The van der Waals surface area contributed by atoms with Gasteiger partial charge in [-0.05, 0) is 155 Å². The number of rotatable bonds is 17. The van der Waals surface area contributed by atoms with Gasteiger partial charge in [-0.1, -0.05) is 233 Å². The number of ketones is 2. The summed E-state index contributed by atoms with van der Waals surface area (Å²) < 4.78 is 34.6. The lowest BCUT2D eigenvalue weighted by molar-refractivity contribution is -0.225. The fraction of sp³-hybridized carbons (Fsp3) is 0.659. The number of esters is 2. The SMILES string of the molecule is C.CC.CCC1(CC)C[C@@H](OC(=O)CO[Si](c2ccccc2)(c2ccccc2)C(C)(C)C)[C@@]2(C)C3C(=O)CC[C@@]3(CC[C@H]2C)[C@H]2C[Si](C)(C)O[C@@H]21.CC[C@]1(CO)C[C@@H](OC(=O)CO[Si](c2ccccc2)(c2ccccc2)C(C)(C)C)[C@@]2(C)C3C(=O)CC[C@@]3(CC[C@H]2C)[C@@H](CO)[C@@H]1O.S=S=S=S=S=S=S=S=S=S=S=S=S=S=S=S=S=S=S=S=S. The summed E-state index contributed by atoms with van der Waals surface area (Å²) in [6.45, 7) is 36.3. The minimum absolute atomic E-state index is 0. The first-order valence-corrected chi connectivity index (χ1v) is 73.8. The Kier molecular flexibility index (Phi) is 42.5. The lowest BCUT2D eigenvalue weighted by Crippen LogP contribution is -2.67. The number of aliphatic hydroxyl groups excluding tert-OH is 3. The lowest BCUT2D eigenvalue weighted by atomic mass is 9.43. The van der Waals surface area contributed by atoms with Crippen LogP contribution < -0.4 is 20.7 Å². The molecule has 2 unspecified atom stereocenters. The van der Waals surface area contributed by atoms with Gasteiger partial charge in [-0.3, -0.25) is 9.59 Å². The molecule has 12 nitrogen and oxygen atoms in total. The van der Waals surface area contributed by atoms with Gasteiger partial charge in [0.25, 0.3) is 16.6 Å². The predicted octanol–water partition coefficient (Wildman–Crippen LogP) is 14.6. The lowest BCUT2D eigenvalue weighted by Gasteiger charge is -2.62. The largest absolute Gasteiger partial charge is 0.460 e. The minimum atomic E-state index is -3.02. The average molecular weight is 2060 g/mol. The number of Topliss-reactive ketones (excluding diaryl/α,β-unsaturated/α-hetero) is 2. The third-order valence-electron chi connectivity index (χ3n) is 27.4. The van der Waals surface area contributed by atoms with E-state index in [1.807, 2.05) is 69.3 Å². The number of fused-ring (bicyclic) bond motifs is 1. The maximum absolute atomic E-state index is 14.4. The van der Waals surface area contributed by atoms with Gasteiger partial charge in [-0.2, -0.15) is 0 Å². The fourth-order valence-corrected chi connectivity index (χ4v) is 80.2. The number of hydrogen-bond acceptors (Lipinski definition) is 14. The summed E-state index contributed by atoms with van der Waals surface area (Å²) >= 11 is 9.52. The molecule has 0 radical (unpaired) electrons. The molecule has 4 bridgehead atoms. The third-order valence-corrected chi connectivity index (χ3v) is 79.7. The smallest absolute Gasteiger partial charge is 0.331 e. The summed E-state index contributed by atoms with van der Waals surface area (Å²) in [5.74, 6) is -0.705. The molecule has 6 aliphatic carbocycles. The maximum Gasteiger partial charge on any atom is 0.331 e. The summed E-state index contributed by atoms with van der Waals surface area (Å²) in [7, 11) is 24.8. The standard InChI is InChI=1S/C41H60O5Si2.C38H54O7Si.C2H6.CH4.S21/c1-10-40(11-2)26-34(39(7)29(3)22-24-41(25-23-33(42)36(39)41)32-28-47(8,9)46-37(32)40)45-35(43)27-44-48(38(4,5)6,30-18-14-12-15-19-30)31-20-16-13-17-21-31;1-7-37(25-40)22-31(36(6)26(2)18-20-38(29(23-39)34(37)43)21-19-30(41)33(36)38)45-32(42)24-44-46(35(3,4)5,27-14-10-8-11-15-27)28-16-12-9-13-17-28;1-2;;1-3-5-7-9-11-13-15-17-19-21-20-18-16-14-12-10-8-6-4-2/h12-21,29,32,34,36-37H,10-11,22-28H2,1-9H3;8-17,26,29,31,33-34,39-40,43H,7,18-25H2,1-6H3;1-2H3;1H4;/t29-,32+,34-,36?,37+,39+,41+;26-,29+,31-,33?,34+,36+,37-,38+;;;/m11.../s1. The first-order chi connectivity index (χ1) is 55.8. The van der Waals surface area contributed by atoms with Crippen LogP contribution in [0.4, 0.5) is 0 Å². The Bertz CT molecular complexity index is 4870. The van der Waals surface area contributed by atoms with E-state index in [1.54, 1.807) is 151 Å². The zero-order valence-corrected chi connectivity index (χ0v) is 90.3. The molecule has 11 rings (SSSR count). The number of benzene rings is 4. The fourth-order valence-electron chi connectivity index (χ4n) is 21.7. The molecule has 36 heteroatoms. The van der Waals surface area contributed by atoms with Crippen molar-refractivity contribution in [3.63, 3.8) is 0 Å². The average Bonchev–Trinajstić information content (AvgIpc) is 1.49. The number of hydrogen-bond donors (Lipinski definition) is 3. The normalized spacial score (nSPS) is 28.8. The summed E-state index contributed by atoms with van der Waals surface area (Å²) in [4.78, 5) is 56.6. The number of aliphatic hydroxyl groups is 3. The summed E-state index contributed by atoms with van der Waals surface area (Å²) in [6.07, 6.45) is 7.47. The molecule has 118 heavy (non-hydrogen) atoms. The van der Waals surface area contributed by atoms with E-state index in [9.17, 15) is 34.5 Å². The second kappa shape index (κ2) is 47.7. The van der Waals surface area contributed by atoms with Crippen LogP contribution in [0.1, 0.15) is 195 Å². The van der Waals surface area contributed by atoms with Crippen LogP contribution in [0, 0.1) is 68.0 Å². The molecule has 7 aliphatic rings. The Labute approximate surface area is 772 Å². The van der Waals surface area contributed by atoms with Gasteiger partial charge in [0, 0.05) is 245 Å². The Morgan fingerprint density at radius 3 is 1.14 bits per heavy atom. The molecule has 7 fully saturated rings. The van der Waals surface area contributed by atoms with Crippen molar-refractivity contribution in [2.24, 2.45) is 68.0 Å². The van der Waals surface area contributed by atoms with E-state index >= 15 is 0 Å². The second-order valence-corrected chi connectivity index (χ2v) is 81.1. The van der Waals surface area contributed by atoms with Crippen molar-refractivity contribution in [3.8, 4) is 0 Å². The summed E-state index contributed by atoms with van der Waals surface area (Å²) in [6, 6.07) is 42.4. The van der Waals surface area contributed by atoms with Gasteiger partial charge < -0.3 is 38.1 Å². The van der Waals surface area contributed by atoms with Gasteiger partial charge in [0.2, 0.25) is 0 Å². The van der Waals surface area contributed by atoms with Gasteiger partial charge in [0.05, 0.1) is 18.8 Å². The second-order valence-electron chi connectivity index (χ2n) is 34.7. The molecule has 3 N–H and O–H groups in total. The Hall–Kier alpha value is 0.191. The van der Waals surface area contributed by atoms with Crippen molar-refractivity contribution in [2.45, 2.75) is 248 Å². The molecule has 1 heterocycles. The van der Waals surface area contributed by atoms with Gasteiger partial charge in [0.15, 0.2) is 8.32 Å². The number of ether oxygens (including phenoxy) is 2. The molecule has 0 amide bonds. The summed E-state index contributed by atoms with van der Waals surface area (Å²) in [5, 5.41) is 37.4. The van der Waals surface area contributed by atoms with Crippen LogP contribution in [0.5, 0.6) is 0 Å². The molecular formula is C82H124O12S21Si3. The van der Waals surface area contributed by atoms with Crippen LogP contribution in [0.25, 0.3) is 0 Å². The van der Waals surface area contributed by atoms with E-state index in [2.05, 4.69) is 169 Å². The van der Waals surface area contributed by atoms with Gasteiger partial charge in [-0.25, -0.2) is 9.59 Å². The highest BCUT2D eigenvalue weighted by molar-refractivity contribution is 8.78. The van der Waals surface area contributed by atoms with E-state index in [4.69, 9.17) is 45.1 Å². The Morgan fingerprint density at radius 1 is 0.517 bits per heavy atom. The van der Waals surface area contributed by atoms with Crippen molar-refractivity contribution in [3.05, 3.63) is 121 Å². The molecule has 662 valence electrons.